The van der Waals surface area contributed by atoms with Crippen molar-refractivity contribution < 1.29 is 18.3 Å². The van der Waals surface area contributed by atoms with Crippen molar-refractivity contribution in [2.45, 2.75) is 42.7 Å². The van der Waals surface area contributed by atoms with Gasteiger partial charge in [0.15, 0.2) is 0 Å². The number of nitrogens with zero attached hydrogens (tertiary/aromatic N) is 2. The second-order valence-electron chi connectivity index (χ2n) is 8.18. The van der Waals surface area contributed by atoms with Gasteiger partial charge in [0.25, 0.3) is 0 Å². The van der Waals surface area contributed by atoms with E-state index >= 15 is 0 Å². The molecule has 11 heteroatoms. The molecule has 0 aliphatic carbocycles. The zero-order valence-corrected chi connectivity index (χ0v) is 20.7. The summed E-state index contributed by atoms with van der Waals surface area (Å²) in [7, 11) is -3.98. The van der Waals surface area contributed by atoms with E-state index in [4.69, 9.17) is 5.84 Å². The van der Waals surface area contributed by atoms with Gasteiger partial charge in [-0.2, -0.15) is 16.5 Å². The summed E-state index contributed by atoms with van der Waals surface area (Å²) in [5, 5.41) is 11.6. The number of hydrazine groups is 1. The fourth-order valence-corrected chi connectivity index (χ4v) is 6.41. The minimum atomic E-state index is -3.98. The Labute approximate surface area is 205 Å². The summed E-state index contributed by atoms with van der Waals surface area (Å²) in [6, 6.07) is 11.1. The molecule has 1 heterocycles. The Balaban J connectivity index is 1.56. The van der Waals surface area contributed by atoms with Crippen molar-refractivity contribution in [1.82, 2.24) is 15.0 Å². The Bertz CT molecular complexity index is 1080. The molecule has 1 saturated heterocycles. The van der Waals surface area contributed by atoms with E-state index in [0.717, 1.165) is 48.0 Å². The van der Waals surface area contributed by atoms with Gasteiger partial charge in [-0.25, -0.2) is 14.3 Å². The number of likely N-dealkylation sites (tertiary alicyclic amines) is 1. The van der Waals surface area contributed by atoms with Crippen molar-refractivity contribution in [2.75, 3.05) is 31.2 Å². The number of aliphatic imine (C=N–C) groups is 1. The molecule has 3 rings (SSSR count). The van der Waals surface area contributed by atoms with E-state index in [-0.39, 0.29) is 16.8 Å². The monoisotopic (exact) mass is 507 g/mol. The Morgan fingerprint density at radius 1 is 1.26 bits per heavy atom. The predicted octanol–water partition coefficient (Wildman–Crippen LogP) is 1.48. The van der Waals surface area contributed by atoms with Gasteiger partial charge in [0, 0.05) is 24.9 Å². The number of thioether (sulfide) groups is 1. The van der Waals surface area contributed by atoms with Crippen molar-refractivity contribution in [3.8, 4) is 0 Å². The zero-order chi connectivity index (χ0) is 24.4. The molecular formula is C23H33N5O4S2. The molecule has 1 aliphatic rings. The molecule has 1 aliphatic heterocycles. The van der Waals surface area contributed by atoms with Gasteiger partial charge in [0.05, 0.1) is 17.8 Å². The van der Waals surface area contributed by atoms with Crippen LogP contribution in [0.15, 0.2) is 52.4 Å². The molecular weight excluding hydrogens is 474 g/mol. The van der Waals surface area contributed by atoms with Crippen LogP contribution in [0.5, 0.6) is 0 Å². The molecule has 1 fully saturated rings. The highest BCUT2D eigenvalue weighted by Gasteiger charge is 2.35. The minimum Gasteiger partial charge on any atom is -0.394 e. The fraction of sp³-hybridized carbons (Fsp3) is 0.478. The molecule has 186 valence electrons. The summed E-state index contributed by atoms with van der Waals surface area (Å²) >= 11 is 1.78. The topological polar surface area (TPSA) is 137 Å². The van der Waals surface area contributed by atoms with Crippen LogP contribution in [0.4, 0.5) is 0 Å². The number of carbonyl (C=O) groups is 1. The van der Waals surface area contributed by atoms with E-state index in [2.05, 4.69) is 15.1 Å². The molecule has 34 heavy (non-hydrogen) atoms. The number of fused-ring (bicyclic) bond motifs is 1. The van der Waals surface area contributed by atoms with Gasteiger partial charge in [-0.05, 0) is 54.3 Å². The van der Waals surface area contributed by atoms with Crippen LogP contribution in [-0.4, -0.2) is 74.0 Å². The van der Waals surface area contributed by atoms with Crippen LogP contribution < -0.4 is 16.0 Å². The number of unbranched alkanes of at least 4 members (excludes halogenated alkanes) is 1. The number of hydrogen-bond donors (Lipinski definition) is 4. The van der Waals surface area contributed by atoms with E-state index in [9.17, 15) is 18.3 Å². The average Bonchev–Trinajstić information content (AvgIpc) is 3.32. The van der Waals surface area contributed by atoms with E-state index < -0.39 is 22.7 Å². The van der Waals surface area contributed by atoms with Crippen molar-refractivity contribution >= 4 is 44.8 Å². The third kappa shape index (κ3) is 7.16. The Hall–Kier alpha value is -2.18. The highest BCUT2D eigenvalue weighted by molar-refractivity contribution is 7.99. The molecule has 5 N–H and O–H groups in total. The van der Waals surface area contributed by atoms with Crippen LogP contribution in [0.3, 0.4) is 0 Å². The Morgan fingerprint density at radius 3 is 2.82 bits per heavy atom. The summed E-state index contributed by atoms with van der Waals surface area (Å²) in [5.74, 6) is 6.49. The molecule has 2 unspecified atom stereocenters. The fourth-order valence-electron chi connectivity index (χ4n) is 4.00. The van der Waals surface area contributed by atoms with Crippen LogP contribution in [0.25, 0.3) is 10.8 Å². The smallest absolute Gasteiger partial charge is 0.243 e. The first kappa shape index (κ1) is 26.4. The van der Waals surface area contributed by atoms with E-state index in [1.165, 1.54) is 12.4 Å². The number of amides is 1. The quantitative estimate of drug-likeness (QED) is 0.106. The van der Waals surface area contributed by atoms with Gasteiger partial charge in [0.2, 0.25) is 15.9 Å². The third-order valence-corrected chi connectivity index (χ3v) is 8.44. The molecule has 0 saturated carbocycles. The van der Waals surface area contributed by atoms with Crippen molar-refractivity contribution in [2.24, 2.45) is 10.8 Å². The minimum absolute atomic E-state index is 0.0381. The molecule has 0 radical (unpaired) electrons. The lowest BCUT2D eigenvalue weighted by atomic mass is 10.1. The number of nitrogens with two attached hydrogens (primary N) is 1. The molecule has 0 spiro atoms. The van der Waals surface area contributed by atoms with Gasteiger partial charge < -0.3 is 15.4 Å². The van der Waals surface area contributed by atoms with Crippen LogP contribution in [0.2, 0.25) is 0 Å². The highest BCUT2D eigenvalue weighted by atomic mass is 32.2. The van der Waals surface area contributed by atoms with Gasteiger partial charge in [-0.1, -0.05) is 30.3 Å². The SMILES string of the molecule is NNC=NCCCCSCC1CCCN1C(=O)C(CO)NS(=O)(=O)c1ccc2ccccc2c1. The normalized spacial score (nSPS) is 17.5. The van der Waals surface area contributed by atoms with Crippen molar-refractivity contribution in [3.05, 3.63) is 42.5 Å². The average molecular weight is 508 g/mol. The summed E-state index contributed by atoms with van der Waals surface area (Å²) in [5.41, 5.74) is 2.37. The summed E-state index contributed by atoms with van der Waals surface area (Å²) in [6.45, 7) is 0.688. The second-order valence-corrected chi connectivity index (χ2v) is 11.0. The first-order chi connectivity index (χ1) is 16.5. The lowest BCUT2D eigenvalue weighted by Crippen LogP contribution is -2.52. The molecule has 2 aromatic rings. The van der Waals surface area contributed by atoms with Gasteiger partial charge >= 0.3 is 0 Å². The summed E-state index contributed by atoms with van der Waals surface area (Å²) < 4.78 is 28.4. The van der Waals surface area contributed by atoms with Crippen molar-refractivity contribution in [1.29, 1.82) is 0 Å². The molecule has 2 atom stereocenters. The number of benzene rings is 2. The number of carbonyl (C=O) groups excluding carboxylic acids is 1. The van der Waals surface area contributed by atoms with Crippen molar-refractivity contribution in [3.63, 3.8) is 0 Å². The number of sulfonamides is 1. The molecule has 0 aromatic heterocycles. The maximum Gasteiger partial charge on any atom is 0.243 e. The summed E-state index contributed by atoms with van der Waals surface area (Å²) in [4.78, 5) is 19.0. The second kappa shape index (κ2) is 13.1. The van der Waals surface area contributed by atoms with Crippen LogP contribution >= 0.6 is 11.8 Å². The van der Waals surface area contributed by atoms with Crippen LogP contribution in [0, 0.1) is 0 Å². The Morgan fingerprint density at radius 2 is 2.06 bits per heavy atom. The lowest BCUT2D eigenvalue weighted by molar-refractivity contribution is -0.134. The first-order valence-electron chi connectivity index (χ1n) is 11.4. The van der Waals surface area contributed by atoms with Gasteiger partial charge in [-0.15, -0.1) is 0 Å². The standard InChI is InChI=1S/C23H33N5O4S2/c24-26-17-25-11-3-4-13-33-16-20-8-5-12-28(20)23(30)22(15-29)27-34(31,32)21-10-9-18-6-1-2-7-19(18)14-21/h1-2,6-7,9-10,14,17,20,22,27,29H,3-5,8,11-13,15-16,24H2,(H,25,26). The van der Waals surface area contributed by atoms with E-state index in [1.807, 2.05) is 24.3 Å². The molecule has 0 bridgehead atoms. The van der Waals surface area contributed by atoms with Crippen LogP contribution in [0.1, 0.15) is 25.7 Å². The van der Waals surface area contributed by atoms with E-state index in [0.29, 0.717) is 13.1 Å². The molecule has 1 amide bonds. The van der Waals surface area contributed by atoms with Gasteiger partial charge in [-0.3, -0.25) is 9.79 Å². The van der Waals surface area contributed by atoms with Gasteiger partial charge in [0.1, 0.15) is 6.04 Å². The largest absolute Gasteiger partial charge is 0.394 e. The number of rotatable bonds is 13. The van der Waals surface area contributed by atoms with E-state index in [1.54, 1.807) is 28.8 Å². The number of aliphatic hydroxyl groups excluding tert-OH is 1. The maximum atomic E-state index is 13.1. The zero-order valence-electron chi connectivity index (χ0n) is 19.1. The van der Waals surface area contributed by atoms with Crippen LogP contribution in [-0.2, 0) is 14.8 Å². The first-order valence-corrected chi connectivity index (χ1v) is 14.0. The highest BCUT2D eigenvalue weighted by Crippen LogP contribution is 2.24. The lowest BCUT2D eigenvalue weighted by Gasteiger charge is -2.28. The number of nitrogens with one attached hydrogen (secondary N) is 2. The Kier molecular flexibility index (Phi) is 10.1. The predicted molar refractivity (Wildman–Crippen MR) is 137 cm³/mol. The third-order valence-electron chi connectivity index (χ3n) is 5.77. The molecule has 9 nitrogen and oxygen atoms in total. The maximum absolute atomic E-state index is 13.1. The summed E-state index contributed by atoms with van der Waals surface area (Å²) in [6.07, 6.45) is 5.19. The molecule has 2 aromatic carbocycles. The number of hydrogen-bond acceptors (Lipinski definition) is 7. The number of aliphatic hydroxyl groups is 1.